The van der Waals surface area contributed by atoms with Crippen molar-refractivity contribution in [3.8, 4) is 0 Å². The number of aliphatic hydroxyl groups is 1. The van der Waals surface area contributed by atoms with Gasteiger partial charge in [-0.1, -0.05) is 11.6 Å². The number of thioether (sulfide) groups is 1. The van der Waals surface area contributed by atoms with Crippen LogP contribution in [0.25, 0.3) is 0 Å². The van der Waals surface area contributed by atoms with Crippen molar-refractivity contribution >= 4 is 11.8 Å². The maximum atomic E-state index is 12.2. The molecule has 2 atom stereocenters. The van der Waals surface area contributed by atoms with Crippen LogP contribution in [0.3, 0.4) is 0 Å². The third kappa shape index (κ3) is 3.38. The van der Waals surface area contributed by atoms with Crippen LogP contribution in [0, 0.1) is 0 Å². The fraction of sp³-hybridized carbons (Fsp3) is 0.800. The average molecular weight is 282 g/mol. The molecular weight excluding hydrogens is 269 g/mol. The molecule has 1 fully saturated rings. The lowest BCUT2D eigenvalue weighted by atomic mass is 10.2. The van der Waals surface area contributed by atoms with Crippen molar-refractivity contribution in [2.45, 2.75) is 43.2 Å². The Hall–Kier alpha value is -0.760. The molecule has 2 unspecified atom stereocenters. The fourth-order valence-corrected chi connectivity index (χ4v) is 2.94. The lowest BCUT2D eigenvalue weighted by molar-refractivity contribution is -0.204. The zero-order valence-corrected chi connectivity index (χ0v) is 10.3. The molecule has 0 radical (unpaired) electrons. The number of hydrogen-bond donors (Lipinski definition) is 1. The van der Waals surface area contributed by atoms with E-state index in [1.54, 1.807) is 11.8 Å². The average Bonchev–Trinajstić information content (AvgIpc) is 2.77. The summed E-state index contributed by atoms with van der Waals surface area (Å²) in [5.41, 5.74) is 0. The van der Waals surface area contributed by atoms with Crippen molar-refractivity contribution in [3.63, 3.8) is 0 Å². The van der Waals surface area contributed by atoms with Gasteiger partial charge in [-0.15, -0.1) is 0 Å². The molecule has 1 aliphatic heterocycles. The molecule has 2 rings (SSSR count). The second kappa shape index (κ2) is 5.48. The molecule has 4 nitrogen and oxygen atoms in total. The molecule has 1 N–H and O–H groups in total. The summed E-state index contributed by atoms with van der Waals surface area (Å²) in [6, 6.07) is 0. The summed E-state index contributed by atoms with van der Waals surface area (Å²) in [5, 5.41) is 12.7. The number of aromatic nitrogens is 2. The van der Waals surface area contributed by atoms with Crippen LogP contribution in [0.4, 0.5) is 13.2 Å². The van der Waals surface area contributed by atoms with Crippen LogP contribution in [-0.2, 0) is 6.42 Å². The van der Waals surface area contributed by atoms with E-state index in [1.165, 1.54) is 0 Å². The van der Waals surface area contributed by atoms with Gasteiger partial charge in [-0.25, -0.2) is 0 Å². The van der Waals surface area contributed by atoms with Gasteiger partial charge in [0, 0.05) is 0 Å². The minimum atomic E-state index is -4.66. The zero-order chi connectivity index (χ0) is 13.2. The Kier molecular flexibility index (Phi) is 4.16. The number of hydrogen-bond acceptors (Lipinski definition) is 5. The van der Waals surface area contributed by atoms with Gasteiger partial charge in [-0.2, -0.15) is 29.9 Å². The molecular formula is C10H13F3N2O2S. The Morgan fingerprint density at radius 2 is 2.22 bits per heavy atom. The zero-order valence-electron chi connectivity index (χ0n) is 9.48. The molecule has 1 aliphatic rings. The van der Waals surface area contributed by atoms with Gasteiger partial charge in [0.15, 0.2) is 11.9 Å². The molecule has 0 saturated carbocycles. The fourth-order valence-electron chi connectivity index (χ4n) is 1.71. The van der Waals surface area contributed by atoms with Gasteiger partial charge in [-0.3, -0.25) is 0 Å². The molecule has 1 aromatic rings. The summed E-state index contributed by atoms with van der Waals surface area (Å²) >= 11 is 1.68. The van der Waals surface area contributed by atoms with Gasteiger partial charge >= 0.3 is 6.18 Å². The van der Waals surface area contributed by atoms with E-state index >= 15 is 0 Å². The van der Waals surface area contributed by atoms with Crippen molar-refractivity contribution in [1.29, 1.82) is 0 Å². The maximum absolute atomic E-state index is 12.2. The number of aliphatic hydroxyl groups excluding tert-OH is 1. The highest BCUT2D eigenvalue weighted by Gasteiger charge is 2.39. The number of alkyl halides is 3. The first kappa shape index (κ1) is 13.7. The highest BCUT2D eigenvalue weighted by molar-refractivity contribution is 7.99. The molecule has 18 heavy (non-hydrogen) atoms. The number of halogens is 3. The monoisotopic (exact) mass is 282 g/mol. The maximum Gasteiger partial charge on any atom is 0.414 e. The molecule has 0 amide bonds. The smallest absolute Gasteiger partial charge is 0.383 e. The van der Waals surface area contributed by atoms with Crippen molar-refractivity contribution in [1.82, 2.24) is 10.1 Å². The van der Waals surface area contributed by atoms with Crippen LogP contribution in [-0.4, -0.2) is 33.3 Å². The van der Waals surface area contributed by atoms with E-state index in [0.717, 1.165) is 25.0 Å². The van der Waals surface area contributed by atoms with E-state index < -0.39 is 18.7 Å². The number of nitrogens with zero attached hydrogens (tertiary/aromatic N) is 2. The second-order valence-corrected chi connectivity index (χ2v) is 5.47. The normalized spacial score (nSPS) is 23.0. The molecule has 2 heterocycles. The predicted molar refractivity (Wildman–Crippen MR) is 59.1 cm³/mol. The first-order valence-corrected chi connectivity index (χ1v) is 6.70. The lowest BCUT2D eigenvalue weighted by Gasteiger charge is -2.17. The van der Waals surface area contributed by atoms with E-state index in [2.05, 4.69) is 10.1 Å². The predicted octanol–water partition coefficient (Wildman–Crippen LogP) is 2.49. The molecule has 102 valence electrons. The van der Waals surface area contributed by atoms with Gasteiger partial charge in [0.2, 0.25) is 5.89 Å². The summed E-state index contributed by atoms with van der Waals surface area (Å²) in [7, 11) is 0. The topological polar surface area (TPSA) is 59.2 Å². The van der Waals surface area contributed by atoms with Crippen LogP contribution < -0.4 is 0 Å². The van der Waals surface area contributed by atoms with Gasteiger partial charge < -0.3 is 9.63 Å². The first-order chi connectivity index (χ1) is 8.47. The quantitative estimate of drug-likeness (QED) is 0.923. The van der Waals surface area contributed by atoms with E-state index in [9.17, 15) is 13.2 Å². The largest absolute Gasteiger partial charge is 0.414 e. The van der Waals surface area contributed by atoms with Crippen molar-refractivity contribution < 1.29 is 22.8 Å². The molecule has 0 aromatic carbocycles. The standard InChI is InChI=1S/C10H13F3N2O2S/c11-10(12,13)7(16)5-8-14-9(15-17-8)6-3-1-2-4-18-6/h6-7,16H,1-5H2. The Labute approximate surface area is 106 Å². The van der Waals surface area contributed by atoms with Crippen molar-refractivity contribution in [3.05, 3.63) is 11.7 Å². The second-order valence-electron chi connectivity index (χ2n) is 4.16. The molecule has 0 bridgehead atoms. The molecule has 0 spiro atoms. The van der Waals surface area contributed by atoms with Gasteiger partial charge in [0.25, 0.3) is 0 Å². The van der Waals surface area contributed by atoms with Crippen LogP contribution in [0.1, 0.15) is 36.2 Å². The van der Waals surface area contributed by atoms with Crippen LogP contribution in [0.2, 0.25) is 0 Å². The van der Waals surface area contributed by atoms with Crippen LogP contribution in [0.15, 0.2) is 4.52 Å². The summed E-state index contributed by atoms with van der Waals surface area (Å²) in [4.78, 5) is 3.93. The van der Waals surface area contributed by atoms with E-state index in [0.29, 0.717) is 5.82 Å². The third-order valence-corrected chi connectivity index (χ3v) is 4.07. The summed E-state index contributed by atoms with van der Waals surface area (Å²) in [6.45, 7) is 0. The summed E-state index contributed by atoms with van der Waals surface area (Å²) in [6.07, 6.45) is -4.69. The minimum Gasteiger partial charge on any atom is -0.383 e. The molecule has 0 aliphatic carbocycles. The summed E-state index contributed by atoms with van der Waals surface area (Å²) in [5.74, 6) is 1.27. The minimum absolute atomic E-state index is 0.0966. The SMILES string of the molecule is OC(Cc1nc(C2CCCCS2)no1)C(F)(F)F. The Balaban J connectivity index is 1.97. The molecule has 1 saturated heterocycles. The first-order valence-electron chi connectivity index (χ1n) is 5.65. The number of rotatable bonds is 3. The van der Waals surface area contributed by atoms with E-state index in [4.69, 9.17) is 9.63 Å². The van der Waals surface area contributed by atoms with Crippen LogP contribution >= 0.6 is 11.8 Å². The molecule has 8 heteroatoms. The van der Waals surface area contributed by atoms with E-state index in [1.807, 2.05) is 0 Å². The van der Waals surface area contributed by atoms with Gasteiger partial charge in [0.05, 0.1) is 11.7 Å². The molecule has 1 aromatic heterocycles. The van der Waals surface area contributed by atoms with Gasteiger partial charge in [-0.05, 0) is 18.6 Å². The van der Waals surface area contributed by atoms with E-state index in [-0.39, 0.29) is 11.1 Å². The van der Waals surface area contributed by atoms with Crippen LogP contribution in [0.5, 0.6) is 0 Å². The van der Waals surface area contributed by atoms with Crippen molar-refractivity contribution in [2.75, 3.05) is 5.75 Å². The van der Waals surface area contributed by atoms with Gasteiger partial charge in [0.1, 0.15) is 0 Å². The Bertz CT molecular complexity index is 391. The highest BCUT2D eigenvalue weighted by atomic mass is 32.2. The Morgan fingerprint density at radius 1 is 1.44 bits per heavy atom. The highest BCUT2D eigenvalue weighted by Crippen LogP contribution is 2.36. The Morgan fingerprint density at radius 3 is 2.83 bits per heavy atom. The lowest BCUT2D eigenvalue weighted by Crippen LogP contribution is -2.30. The summed E-state index contributed by atoms with van der Waals surface area (Å²) < 4.78 is 41.2. The van der Waals surface area contributed by atoms with Crippen molar-refractivity contribution in [2.24, 2.45) is 0 Å². The third-order valence-electron chi connectivity index (χ3n) is 2.70.